The smallest absolute Gasteiger partial charge is 0.328 e. The SMILES string of the molecule is CC(=CC(=O)O)CNCCC(=O)N1CCOCC1. The molecule has 0 spiro atoms. The second-order valence-corrected chi connectivity index (χ2v) is 4.25. The second-order valence-electron chi connectivity index (χ2n) is 4.25. The molecule has 0 atom stereocenters. The van der Waals surface area contributed by atoms with E-state index in [1.165, 1.54) is 0 Å². The molecule has 1 aliphatic rings. The number of ether oxygens (including phenoxy) is 1. The molecule has 18 heavy (non-hydrogen) atoms. The van der Waals surface area contributed by atoms with E-state index < -0.39 is 5.97 Å². The minimum Gasteiger partial charge on any atom is -0.478 e. The lowest BCUT2D eigenvalue weighted by Crippen LogP contribution is -2.41. The number of hydrogen-bond donors (Lipinski definition) is 2. The number of carbonyl (C=O) groups excluding carboxylic acids is 1. The largest absolute Gasteiger partial charge is 0.478 e. The van der Waals surface area contributed by atoms with Crippen LogP contribution in [0.3, 0.4) is 0 Å². The maximum absolute atomic E-state index is 11.7. The molecule has 1 heterocycles. The van der Waals surface area contributed by atoms with E-state index in [1.807, 2.05) is 0 Å². The van der Waals surface area contributed by atoms with E-state index in [0.717, 1.165) is 11.6 Å². The quantitative estimate of drug-likeness (QED) is 0.510. The van der Waals surface area contributed by atoms with E-state index in [4.69, 9.17) is 9.84 Å². The van der Waals surface area contributed by atoms with Gasteiger partial charge < -0.3 is 20.1 Å². The summed E-state index contributed by atoms with van der Waals surface area (Å²) in [7, 11) is 0. The highest BCUT2D eigenvalue weighted by molar-refractivity contribution is 5.80. The molecule has 1 fully saturated rings. The fourth-order valence-electron chi connectivity index (χ4n) is 1.71. The fraction of sp³-hybridized carbons (Fsp3) is 0.667. The van der Waals surface area contributed by atoms with Crippen molar-refractivity contribution in [2.24, 2.45) is 0 Å². The standard InChI is InChI=1S/C12H20N2O4/c1-10(8-12(16)17)9-13-3-2-11(15)14-4-6-18-7-5-14/h8,13H,2-7,9H2,1H3,(H,16,17). The first-order valence-electron chi connectivity index (χ1n) is 6.06. The number of rotatable bonds is 6. The Morgan fingerprint density at radius 1 is 1.39 bits per heavy atom. The summed E-state index contributed by atoms with van der Waals surface area (Å²) < 4.78 is 5.17. The zero-order valence-corrected chi connectivity index (χ0v) is 10.6. The van der Waals surface area contributed by atoms with Crippen LogP contribution in [0.25, 0.3) is 0 Å². The average Bonchev–Trinajstić information content (AvgIpc) is 2.34. The summed E-state index contributed by atoms with van der Waals surface area (Å²) in [6.07, 6.45) is 1.59. The fourth-order valence-corrected chi connectivity index (χ4v) is 1.71. The van der Waals surface area contributed by atoms with E-state index >= 15 is 0 Å². The molecule has 102 valence electrons. The van der Waals surface area contributed by atoms with Gasteiger partial charge in [-0.2, -0.15) is 0 Å². The summed E-state index contributed by atoms with van der Waals surface area (Å²) in [4.78, 5) is 23.9. The van der Waals surface area contributed by atoms with Crippen molar-refractivity contribution in [1.29, 1.82) is 0 Å². The Labute approximate surface area is 107 Å². The van der Waals surface area contributed by atoms with Gasteiger partial charge in [-0.25, -0.2) is 4.79 Å². The van der Waals surface area contributed by atoms with E-state index in [-0.39, 0.29) is 5.91 Å². The molecule has 1 amide bonds. The molecule has 1 saturated heterocycles. The van der Waals surface area contributed by atoms with Gasteiger partial charge in [-0.1, -0.05) is 5.57 Å². The van der Waals surface area contributed by atoms with Gasteiger partial charge in [0.25, 0.3) is 0 Å². The van der Waals surface area contributed by atoms with E-state index in [2.05, 4.69) is 5.32 Å². The summed E-state index contributed by atoms with van der Waals surface area (Å²) in [5, 5.41) is 11.6. The summed E-state index contributed by atoms with van der Waals surface area (Å²) in [6.45, 7) is 5.33. The van der Waals surface area contributed by atoms with Crippen LogP contribution in [-0.2, 0) is 14.3 Å². The summed E-state index contributed by atoms with van der Waals surface area (Å²) in [6, 6.07) is 0. The van der Waals surface area contributed by atoms with Gasteiger partial charge in [0.2, 0.25) is 5.91 Å². The van der Waals surface area contributed by atoms with Gasteiger partial charge in [0.05, 0.1) is 13.2 Å². The van der Waals surface area contributed by atoms with Crippen molar-refractivity contribution in [3.8, 4) is 0 Å². The summed E-state index contributed by atoms with van der Waals surface area (Å²) in [5.41, 5.74) is 0.737. The molecule has 0 unspecified atom stereocenters. The predicted octanol–water partition coefficient (Wildman–Crippen LogP) is -0.144. The van der Waals surface area contributed by atoms with E-state index in [9.17, 15) is 9.59 Å². The number of amides is 1. The minimum atomic E-state index is -0.946. The van der Waals surface area contributed by atoms with Crippen molar-refractivity contribution in [2.75, 3.05) is 39.4 Å². The number of carbonyl (C=O) groups is 2. The third kappa shape index (κ3) is 5.79. The van der Waals surface area contributed by atoms with Crippen molar-refractivity contribution >= 4 is 11.9 Å². The van der Waals surface area contributed by atoms with Gasteiger partial charge in [-0.3, -0.25) is 4.79 Å². The average molecular weight is 256 g/mol. The first-order chi connectivity index (χ1) is 8.59. The molecular formula is C12H20N2O4. The highest BCUT2D eigenvalue weighted by Crippen LogP contribution is 1.99. The van der Waals surface area contributed by atoms with Crippen LogP contribution < -0.4 is 5.32 Å². The Morgan fingerprint density at radius 3 is 2.67 bits per heavy atom. The molecule has 6 nitrogen and oxygen atoms in total. The van der Waals surface area contributed by atoms with Gasteiger partial charge in [-0.05, 0) is 6.92 Å². The van der Waals surface area contributed by atoms with Gasteiger partial charge in [0, 0.05) is 38.7 Å². The predicted molar refractivity (Wildman–Crippen MR) is 66.3 cm³/mol. The van der Waals surface area contributed by atoms with Crippen LogP contribution in [0, 0.1) is 0 Å². The molecule has 1 aliphatic heterocycles. The van der Waals surface area contributed by atoms with Gasteiger partial charge >= 0.3 is 5.97 Å². The Bertz CT molecular complexity index is 322. The summed E-state index contributed by atoms with van der Waals surface area (Å²) >= 11 is 0. The van der Waals surface area contributed by atoms with Gasteiger partial charge in [0.15, 0.2) is 0 Å². The topological polar surface area (TPSA) is 78.9 Å². The van der Waals surface area contributed by atoms with Crippen LogP contribution in [0.4, 0.5) is 0 Å². The highest BCUT2D eigenvalue weighted by atomic mass is 16.5. The van der Waals surface area contributed by atoms with Crippen LogP contribution in [0.15, 0.2) is 11.6 Å². The molecule has 2 N–H and O–H groups in total. The van der Waals surface area contributed by atoms with Crippen molar-refractivity contribution in [2.45, 2.75) is 13.3 Å². The van der Waals surface area contributed by atoms with Gasteiger partial charge in [-0.15, -0.1) is 0 Å². The molecule has 0 saturated carbocycles. The Balaban J connectivity index is 2.13. The van der Waals surface area contributed by atoms with Crippen LogP contribution in [0.5, 0.6) is 0 Å². The third-order valence-electron chi connectivity index (χ3n) is 2.65. The van der Waals surface area contributed by atoms with Gasteiger partial charge in [0.1, 0.15) is 0 Å². The molecule has 6 heteroatoms. The first-order valence-corrected chi connectivity index (χ1v) is 6.06. The minimum absolute atomic E-state index is 0.116. The van der Waals surface area contributed by atoms with E-state index in [1.54, 1.807) is 11.8 Å². The summed E-state index contributed by atoms with van der Waals surface area (Å²) in [5.74, 6) is -0.829. The highest BCUT2D eigenvalue weighted by Gasteiger charge is 2.15. The molecule has 1 rings (SSSR count). The molecule has 0 aromatic rings. The number of carboxylic acid groups (broad SMARTS) is 1. The molecule has 0 radical (unpaired) electrons. The number of carboxylic acids is 1. The Morgan fingerprint density at radius 2 is 2.06 bits per heavy atom. The maximum Gasteiger partial charge on any atom is 0.328 e. The van der Waals surface area contributed by atoms with Crippen molar-refractivity contribution in [1.82, 2.24) is 10.2 Å². The first kappa shape index (κ1) is 14.7. The molecule has 0 aliphatic carbocycles. The number of aliphatic carboxylic acids is 1. The Hall–Kier alpha value is -1.40. The second kappa shape index (κ2) is 7.84. The van der Waals surface area contributed by atoms with Crippen molar-refractivity contribution < 1.29 is 19.4 Å². The number of hydrogen-bond acceptors (Lipinski definition) is 4. The van der Waals surface area contributed by atoms with Crippen LogP contribution in [-0.4, -0.2) is 61.3 Å². The monoisotopic (exact) mass is 256 g/mol. The van der Waals surface area contributed by atoms with Crippen LogP contribution in [0.2, 0.25) is 0 Å². The third-order valence-corrected chi connectivity index (χ3v) is 2.65. The zero-order valence-electron chi connectivity index (χ0n) is 10.6. The maximum atomic E-state index is 11.7. The lowest BCUT2D eigenvalue weighted by atomic mass is 10.2. The van der Waals surface area contributed by atoms with Crippen LogP contribution >= 0.6 is 0 Å². The molecule has 0 aromatic heterocycles. The number of nitrogens with one attached hydrogen (secondary N) is 1. The zero-order chi connectivity index (χ0) is 13.4. The van der Waals surface area contributed by atoms with Crippen molar-refractivity contribution in [3.05, 3.63) is 11.6 Å². The number of nitrogens with zero attached hydrogens (tertiary/aromatic N) is 1. The molecule has 0 bridgehead atoms. The van der Waals surface area contributed by atoms with Crippen molar-refractivity contribution in [3.63, 3.8) is 0 Å². The molecule has 0 aromatic carbocycles. The number of morpholine rings is 1. The van der Waals surface area contributed by atoms with Crippen LogP contribution in [0.1, 0.15) is 13.3 Å². The normalized spacial score (nSPS) is 16.7. The van der Waals surface area contributed by atoms with E-state index in [0.29, 0.717) is 45.8 Å². The lowest BCUT2D eigenvalue weighted by Gasteiger charge is -2.26. The Kier molecular flexibility index (Phi) is 6.38. The molecular weight excluding hydrogens is 236 g/mol. The lowest BCUT2D eigenvalue weighted by molar-refractivity contribution is -0.135.